The zero-order valence-electron chi connectivity index (χ0n) is 7.90. The smallest absolute Gasteiger partial charge is 0.324 e. The van der Waals surface area contributed by atoms with Gasteiger partial charge in [-0.05, 0) is 6.42 Å². The van der Waals surface area contributed by atoms with E-state index in [0.717, 1.165) is 0 Å². The maximum absolute atomic E-state index is 10.7. The molecule has 0 aliphatic carbocycles. The molecular formula is C8H14BNO4. The van der Waals surface area contributed by atoms with E-state index in [1.165, 1.54) is 0 Å². The summed E-state index contributed by atoms with van der Waals surface area (Å²) in [6.07, 6.45) is 1.18. The van der Waals surface area contributed by atoms with Crippen molar-refractivity contribution in [2.24, 2.45) is 5.73 Å². The van der Waals surface area contributed by atoms with Crippen molar-refractivity contribution in [3.05, 3.63) is 0 Å². The summed E-state index contributed by atoms with van der Waals surface area (Å²) in [6, 6.07) is 0. The molecule has 14 heavy (non-hydrogen) atoms. The van der Waals surface area contributed by atoms with Crippen LogP contribution in [0.5, 0.6) is 0 Å². The van der Waals surface area contributed by atoms with Crippen LogP contribution in [0.3, 0.4) is 0 Å². The van der Waals surface area contributed by atoms with Gasteiger partial charge in [0.1, 0.15) is 5.54 Å². The average molecular weight is 199 g/mol. The van der Waals surface area contributed by atoms with Gasteiger partial charge in [-0.1, -0.05) is 19.2 Å². The number of unbranched alkanes of at least 4 members (excludes halogenated alkanes) is 1. The molecule has 2 radical (unpaired) electrons. The lowest BCUT2D eigenvalue weighted by molar-refractivity contribution is -0.150. The minimum Gasteiger partial charge on any atom is -0.481 e. The molecule has 0 aliphatic heterocycles. The number of rotatable bonds is 7. The van der Waals surface area contributed by atoms with Crippen LogP contribution in [0.4, 0.5) is 0 Å². The predicted molar refractivity (Wildman–Crippen MR) is 51.2 cm³/mol. The molecule has 5 nitrogen and oxygen atoms in total. The van der Waals surface area contributed by atoms with Crippen molar-refractivity contribution in [1.29, 1.82) is 0 Å². The molecule has 0 saturated carbocycles. The highest BCUT2D eigenvalue weighted by Crippen LogP contribution is 2.16. The molecule has 0 heterocycles. The largest absolute Gasteiger partial charge is 0.481 e. The predicted octanol–water partition coefficient (Wildman–Crippen LogP) is 0.000300. The first-order valence-electron chi connectivity index (χ1n) is 4.36. The highest BCUT2D eigenvalue weighted by Gasteiger charge is 2.35. The van der Waals surface area contributed by atoms with Crippen molar-refractivity contribution in [3.8, 4) is 0 Å². The van der Waals surface area contributed by atoms with Gasteiger partial charge in [-0.15, -0.1) is 0 Å². The van der Waals surface area contributed by atoms with Gasteiger partial charge in [0.2, 0.25) is 0 Å². The summed E-state index contributed by atoms with van der Waals surface area (Å²) in [5.41, 5.74) is 3.80. The number of hydrogen-bond acceptors (Lipinski definition) is 3. The highest BCUT2D eigenvalue weighted by atomic mass is 16.4. The van der Waals surface area contributed by atoms with Gasteiger partial charge in [-0.2, -0.15) is 0 Å². The lowest BCUT2D eigenvalue weighted by Crippen LogP contribution is -2.49. The lowest BCUT2D eigenvalue weighted by atomic mass is 9.88. The Hall–Kier alpha value is -1.04. The summed E-state index contributed by atoms with van der Waals surface area (Å²) in [4.78, 5) is 21.1. The first kappa shape index (κ1) is 13.0. The molecule has 0 amide bonds. The van der Waals surface area contributed by atoms with E-state index in [9.17, 15) is 9.59 Å². The zero-order valence-corrected chi connectivity index (χ0v) is 7.90. The summed E-state index contributed by atoms with van der Waals surface area (Å²) in [6.45, 7) is 0. The minimum atomic E-state index is -1.67. The van der Waals surface area contributed by atoms with Crippen molar-refractivity contribution in [3.63, 3.8) is 0 Å². The van der Waals surface area contributed by atoms with E-state index in [1.807, 2.05) is 0 Å². The van der Waals surface area contributed by atoms with Crippen LogP contribution in [-0.2, 0) is 9.59 Å². The van der Waals surface area contributed by atoms with Crippen molar-refractivity contribution < 1.29 is 19.8 Å². The first-order chi connectivity index (χ1) is 6.42. The molecule has 0 aliphatic rings. The molecule has 0 spiro atoms. The Morgan fingerprint density at radius 2 is 1.86 bits per heavy atom. The number of carboxylic acid groups (broad SMARTS) is 2. The fourth-order valence-corrected chi connectivity index (χ4v) is 1.13. The van der Waals surface area contributed by atoms with Crippen molar-refractivity contribution in [1.82, 2.24) is 0 Å². The van der Waals surface area contributed by atoms with Crippen LogP contribution in [0, 0.1) is 0 Å². The number of hydrogen-bond donors (Lipinski definition) is 3. The third-order valence-electron chi connectivity index (χ3n) is 1.97. The van der Waals surface area contributed by atoms with Crippen LogP contribution in [0.1, 0.15) is 25.7 Å². The zero-order chi connectivity index (χ0) is 11.2. The number of aliphatic carboxylic acids is 2. The van der Waals surface area contributed by atoms with E-state index in [1.54, 1.807) is 0 Å². The van der Waals surface area contributed by atoms with E-state index in [0.29, 0.717) is 19.2 Å². The molecule has 0 aromatic rings. The molecule has 0 bridgehead atoms. The van der Waals surface area contributed by atoms with Crippen LogP contribution in [0.2, 0.25) is 6.32 Å². The van der Waals surface area contributed by atoms with Gasteiger partial charge in [0.25, 0.3) is 0 Å². The second-order valence-corrected chi connectivity index (χ2v) is 3.28. The Kier molecular flexibility index (Phi) is 5.23. The average Bonchev–Trinajstić information content (AvgIpc) is 2.03. The van der Waals surface area contributed by atoms with Crippen LogP contribution in [0.25, 0.3) is 0 Å². The fourth-order valence-electron chi connectivity index (χ4n) is 1.13. The van der Waals surface area contributed by atoms with E-state index in [2.05, 4.69) is 0 Å². The highest BCUT2D eigenvalue weighted by molar-refractivity contribution is 6.08. The minimum absolute atomic E-state index is 0.131. The van der Waals surface area contributed by atoms with Gasteiger partial charge in [0, 0.05) is 0 Å². The van der Waals surface area contributed by atoms with E-state index in [-0.39, 0.29) is 6.42 Å². The Bertz CT molecular complexity index is 221. The van der Waals surface area contributed by atoms with Crippen LogP contribution < -0.4 is 5.73 Å². The van der Waals surface area contributed by atoms with E-state index < -0.39 is 23.9 Å². The van der Waals surface area contributed by atoms with Crippen molar-refractivity contribution >= 4 is 19.8 Å². The topological polar surface area (TPSA) is 101 Å². The number of carbonyl (C=O) groups is 2. The molecule has 0 aromatic heterocycles. The molecule has 0 fully saturated rings. The number of nitrogens with two attached hydrogens (primary N) is 1. The van der Waals surface area contributed by atoms with Crippen molar-refractivity contribution in [2.75, 3.05) is 0 Å². The third kappa shape index (κ3) is 4.27. The molecule has 0 saturated heterocycles. The van der Waals surface area contributed by atoms with Gasteiger partial charge in [0.05, 0.1) is 14.3 Å². The molecule has 1 unspecified atom stereocenters. The van der Waals surface area contributed by atoms with Gasteiger partial charge in [-0.3, -0.25) is 9.59 Å². The monoisotopic (exact) mass is 199 g/mol. The van der Waals surface area contributed by atoms with Crippen LogP contribution >= 0.6 is 0 Å². The summed E-state index contributed by atoms with van der Waals surface area (Å²) in [7, 11) is 5.23. The maximum atomic E-state index is 10.7. The Labute approximate surface area is 83.7 Å². The fraction of sp³-hybridized carbons (Fsp3) is 0.750. The quantitative estimate of drug-likeness (QED) is 0.395. The summed E-state index contributed by atoms with van der Waals surface area (Å²) in [5, 5.41) is 17.2. The second-order valence-electron chi connectivity index (χ2n) is 3.28. The van der Waals surface area contributed by atoms with E-state index in [4.69, 9.17) is 23.8 Å². The normalized spacial score (nSPS) is 14.6. The molecule has 4 N–H and O–H groups in total. The van der Waals surface area contributed by atoms with E-state index >= 15 is 0 Å². The molecule has 0 rings (SSSR count). The first-order valence-corrected chi connectivity index (χ1v) is 4.36. The molecule has 6 heteroatoms. The van der Waals surface area contributed by atoms with Crippen molar-refractivity contribution in [2.45, 2.75) is 37.5 Å². The molecule has 1 atom stereocenters. The van der Waals surface area contributed by atoms with Crippen LogP contribution in [-0.4, -0.2) is 35.5 Å². The Morgan fingerprint density at radius 1 is 1.29 bits per heavy atom. The summed E-state index contributed by atoms with van der Waals surface area (Å²) >= 11 is 0. The maximum Gasteiger partial charge on any atom is 0.324 e. The standard InChI is InChI=1S/C8H14BNO4/c9-4-2-1-3-8(10,7(13)14)5-6(11)12/h1-5,10H2,(H,11,12)(H,13,14). The van der Waals surface area contributed by atoms with Crippen LogP contribution in [0.15, 0.2) is 0 Å². The molecular weight excluding hydrogens is 185 g/mol. The third-order valence-corrected chi connectivity index (χ3v) is 1.97. The van der Waals surface area contributed by atoms with Gasteiger partial charge >= 0.3 is 11.9 Å². The van der Waals surface area contributed by atoms with Gasteiger partial charge in [0.15, 0.2) is 0 Å². The number of carboxylic acids is 2. The lowest BCUT2D eigenvalue weighted by Gasteiger charge is -2.22. The second kappa shape index (κ2) is 5.64. The summed E-state index contributed by atoms with van der Waals surface area (Å²) in [5.74, 6) is -2.49. The van der Waals surface area contributed by atoms with Gasteiger partial charge < -0.3 is 15.9 Å². The molecule has 78 valence electrons. The molecule has 0 aromatic carbocycles. The Morgan fingerprint density at radius 3 is 2.21 bits per heavy atom. The Balaban J connectivity index is 4.24. The summed E-state index contributed by atoms with van der Waals surface area (Å²) < 4.78 is 0. The van der Waals surface area contributed by atoms with Gasteiger partial charge in [-0.25, -0.2) is 0 Å². The SMILES string of the molecule is [B]CCCCC(N)(CC(=O)O)C(=O)O.